The monoisotopic (exact) mass is 199 g/mol. The summed E-state index contributed by atoms with van der Waals surface area (Å²) in [6, 6.07) is 1.71. The van der Waals surface area contributed by atoms with E-state index in [1.165, 1.54) is 11.3 Å². The molecule has 0 aromatic carbocycles. The maximum absolute atomic E-state index is 10.6. The summed E-state index contributed by atoms with van der Waals surface area (Å²) in [5.74, 6) is -0.846. The molecule has 0 spiro atoms. The Balaban J connectivity index is 2.73. The van der Waals surface area contributed by atoms with Gasteiger partial charge in [0.2, 0.25) is 0 Å². The standard InChI is InChI=1S/C9H13NO2S/c1-3-4-10(2)7-5-8(9(11)12)13-6-7/h5-6H,3-4H2,1-2H3,(H,11,12). The summed E-state index contributed by atoms with van der Waals surface area (Å²) < 4.78 is 0. The molecule has 1 aromatic rings. The smallest absolute Gasteiger partial charge is 0.345 e. The van der Waals surface area contributed by atoms with Gasteiger partial charge in [-0.1, -0.05) is 6.92 Å². The molecular formula is C9H13NO2S. The van der Waals surface area contributed by atoms with Gasteiger partial charge in [0, 0.05) is 24.7 Å². The number of carboxylic acids is 1. The van der Waals surface area contributed by atoms with Crippen molar-refractivity contribution in [2.45, 2.75) is 13.3 Å². The van der Waals surface area contributed by atoms with Crippen molar-refractivity contribution < 1.29 is 9.90 Å². The molecule has 0 fully saturated rings. The molecule has 13 heavy (non-hydrogen) atoms. The molecule has 0 aliphatic heterocycles. The number of nitrogens with zero attached hydrogens (tertiary/aromatic N) is 1. The van der Waals surface area contributed by atoms with E-state index in [-0.39, 0.29) is 0 Å². The van der Waals surface area contributed by atoms with Crippen molar-refractivity contribution in [1.82, 2.24) is 0 Å². The van der Waals surface area contributed by atoms with Crippen molar-refractivity contribution in [3.8, 4) is 0 Å². The average molecular weight is 199 g/mol. The molecule has 1 rings (SSSR count). The van der Waals surface area contributed by atoms with E-state index >= 15 is 0 Å². The van der Waals surface area contributed by atoms with Crippen molar-refractivity contribution in [3.05, 3.63) is 16.3 Å². The van der Waals surface area contributed by atoms with Crippen LogP contribution in [0.15, 0.2) is 11.4 Å². The summed E-state index contributed by atoms with van der Waals surface area (Å²) in [5, 5.41) is 10.6. The lowest BCUT2D eigenvalue weighted by Gasteiger charge is -2.15. The van der Waals surface area contributed by atoms with Gasteiger partial charge in [0.25, 0.3) is 0 Å². The van der Waals surface area contributed by atoms with E-state index < -0.39 is 5.97 Å². The fraction of sp³-hybridized carbons (Fsp3) is 0.444. The van der Waals surface area contributed by atoms with E-state index in [4.69, 9.17) is 5.11 Å². The molecule has 1 aromatic heterocycles. The van der Waals surface area contributed by atoms with Crippen molar-refractivity contribution in [1.29, 1.82) is 0 Å². The number of carboxylic acid groups (broad SMARTS) is 1. The summed E-state index contributed by atoms with van der Waals surface area (Å²) in [6.45, 7) is 3.05. The Morgan fingerprint density at radius 1 is 1.69 bits per heavy atom. The van der Waals surface area contributed by atoms with Crippen LogP contribution >= 0.6 is 11.3 Å². The Labute approximate surface area is 81.6 Å². The zero-order valence-electron chi connectivity index (χ0n) is 7.78. The summed E-state index contributed by atoms with van der Waals surface area (Å²) in [6.07, 6.45) is 1.06. The highest BCUT2D eigenvalue weighted by Crippen LogP contribution is 2.22. The van der Waals surface area contributed by atoms with Gasteiger partial charge in [-0.3, -0.25) is 0 Å². The number of hydrogen-bond donors (Lipinski definition) is 1. The SMILES string of the molecule is CCCN(C)c1csc(C(=O)O)c1. The Hall–Kier alpha value is -1.03. The van der Waals surface area contributed by atoms with Crippen LogP contribution in [0.25, 0.3) is 0 Å². The van der Waals surface area contributed by atoms with Gasteiger partial charge in [-0.25, -0.2) is 4.79 Å². The van der Waals surface area contributed by atoms with Gasteiger partial charge in [-0.05, 0) is 12.5 Å². The number of anilines is 1. The zero-order chi connectivity index (χ0) is 9.84. The first-order valence-corrected chi connectivity index (χ1v) is 5.06. The van der Waals surface area contributed by atoms with Crippen molar-refractivity contribution in [3.63, 3.8) is 0 Å². The van der Waals surface area contributed by atoms with Crippen LogP contribution in [0.5, 0.6) is 0 Å². The lowest BCUT2D eigenvalue weighted by molar-refractivity contribution is 0.0702. The molecule has 4 heteroatoms. The van der Waals surface area contributed by atoms with Crippen LogP contribution in [-0.4, -0.2) is 24.7 Å². The zero-order valence-corrected chi connectivity index (χ0v) is 8.60. The number of thiophene rings is 1. The minimum absolute atomic E-state index is 0.401. The molecule has 0 saturated carbocycles. The Bertz CT molecular complexity index is 296. The van der Waals surface area contributed by atoms with E-state index in [1.807, 2.05) is 12.4 Å². The van der Waals surface area contributed by atoms with Gasteiger partial charge in [-0.15, -0.1) is 11.3 Å². The highest BCUT2D eigenvalue weighted by atomic mass is 32.1. The number of aromatic carboxylic acids is 1. The Morgan fingerprint density at radius 2 is 2.38 bits per heavy atom. The average Bonchev–Trinajstić information content (AvgIpc) is 2.52. The highest BCUT2D eigenvalue weighted by molar-refractivity contribution is 7.12. The van der Waals surface area contributed by atoms with Gasteiger partial charge in [0.15, 0.2) is 0 Å². The first-order chi connectivity index (χ1) is 6.15. The quantitative estimate of drug-likeness (QED) is 0.808. The van der Waals surface area contributed by atoms with Crippen molar-refractivity contribution in [2.24, 2.45) is 0 Å². The summed E-state index contributed by atoms with van der Waals surface area (Å²) >= 11 is 1.27. The summed E-state index contributed by atoms with van der Waals surface area (Å²) in [4.78, 5) is 13.0. The second-order valence-corrected chi connectivity index (χ2v) is 3.81. The maximum Gasteiger partial charge on any atom is 0.345 e. The Kier molecular flexibility index (Phi) is 3.31. The molecular weight excluding hydrogens is 186 g/mol. The van der Waals surface area contributed by atoms with Crippen LogP contribution in [0, 0.1) is 0 Å². The molecule has 0 atom stereocenters. The minimum atomic E-state index is -0.846. The molecule has 0 amide bonds. The summed E-state index contributed by atoms with van der Waals surface area (Å²) in [7, 11) is 1.97. The molecule has 0 radical (unpaired) electrons. The predicted octanol–water partition coefficient (Wildman–Crippen LogP) is 2.29. The molecule has 0 bridgehead atoms. The second kappa shape index (κ2) is 4.28. The van der Waals surface area contributed by atoms with Crippen molar-refractivity contribution in [2.75, 3.05) is 18.5 Å². The van der Waals surface area contributed by atoms with Gasteiger partial charge >= 0.3 is 5.97 Å². The predicted molar refractivity (Wildman–Crippen MR) is 54.8 cm³/mol. The van der Waals surface area contributed by atoms with E-state index in [2.05, 4.69) is 11.8 Å². The van der Waals surface area contributed by atoms with Crippen LogP contribution in [-0.2, 0) is 0 Å². The number of hydrogen-bond acceptors (Lipinski definition) is 3. The van der Waals surface area contributed by atoms with Crippen molar-refractivity contribution >= 4 is 23.0 Å². The van der Waals surface area contributed by atoms with E-state index in [1.54, 1.807) is 6.07 Å². The van der Waals surface area contributed by atoms with Crippen LogP contribution in [0.4, 0.5) is 5.69 Å². The lowest BCUT2D eigenvalue weighted by atomic mass is 10.3. The molecule has 3 nitrogen and oxygen atoms in total. The third kappa shape index (κ3) is 2.45. The van der Waals surface area contributed by atoms with Gasteiger partial charge in [0.05, 0.1) is 0 Å². The van der Waals surface area contributed by atoms with Crippen LogP contribution in [0.1, 0.15) is 23.0 Å². The first kappa shape index (κ1) is 10.1. The fourth-order valence-corrected chi connectivity index (χ4v) is 1.89. The Morgan fingerprint density at radius 3 is 2.85 bits per heavy atom. The molecule has 0 saturated heterocycles. The molecule has 72 valence electrons. The third-order valence-corrected chi connectivity index (χ3v) is 2.70. The third-order valence-electron chi connectivity index (χ3n) is 1.80. The maximum atomic E-state index is 10.6. The van der Waals surface area contributed by atoms with E-state index in [9.17, 15) is 4.79 Å². The normalized spacial score (nSPS) is 10.0. The van der Waals surface area contributed by atoms with Gasteiger partial charge in [0.1, 0.15) is 4.88 Å². The minimum Gasteiger partial charge on any atom is -0.477 e. The largest absolute Gasteiger partial charge is 0.477 e. The molecule has 1 N–H and O–H groups in total. The van der Waals surface area contributed by atoms with Crippen LogP contribution in [0.2, 0.25) is 0 Å². The lowest BCUT2D eigenvalue weighted by Crippen LogP contribution is -2.16. The fourth-order valence-electron chi connectivity index (χ4n) is 1.10. The van der Waals surface area contributed by atoms with E-state index in [0.29, 0.717) is 4.88 Å². The first-order valence-electron chi connectivity index (χ1n) is 4.18. The topological polar surface area (TPSA) is 40.5 Å². The van der Waals surface area contributed by atoms with Crippen LogP contribution < -0.4 is 4.90 Å². The molecule has 0 aliphatic rings. The highest BCUT2D eigenvalue weighted by Gasteiger charge is 2.08. The number of carbonyl (C=O) groups is 1. The molecule has 0 aliphatic carbocycles. The van der Waals surface area contributed by atoms with Crippen LogP contribution in [0.3, 0.4) is 0 Å². The van der Waals surface area contributed by atoms with Gasteiger partial charge < -0.3 is 10.0 Å². The molecule has 0 unspecified atom stereocenters. The van der Waals surface area contributed by atoms with Gasteiger partial charge in [-0.2, -0.15) is 0 Å². The van der Waals surface area contributed by atoms with E-state index in [0.717, 1.165) is 18.7 Å². The molecule has 1 heterocycles. The summed E-state index contributed by atoms with van der Waals surface area (Å²) in [5.41, 5.74) is 0.990. The number of rotatable bonds is 4. The second-order valence-electron chi connectivity index (χ2n) is 2.90.